The van der Waals surface area contributed by atoms with Crippen LogP contribution in [0.3, 0.4) is 0 Å². The van der Waals surface area contributed by atoms with Gasteiger partial charge in [0.05, 0.1) is 17.3 Å². The molecule has 8 heteroatoms. The Kier molecular flexibility index (Phi) is 6.24. The molecule has 0 aliphatic rings. The van der Waals surface area contributed by atoms with E-state index in [2.05, 4.69) is 15.9 Å². The Labute approximate surface area is 155 Å². The van der Waals surface area contributed by atoms with Gasteiger partial charge < -0.3 is 9.47 Å². The first-order chi connectivity index (χ1) is 11.8. The summed E-state index contributed by atoms with van der Waals surface area (Å²) in [6.45, 7) is 2.17. The Hall–Kier alpha value is -2.29. The van der Waals surface area contributed by atoms with E-state index in [1.165, 1.54) is 7.05 Å². The van der Waals surface area contributed by atoms with Gasteiger partial charge in [-0.15, -0.1) is 0 Å². The Morgan fingerprint density at radius 1 is 1.24 bits per heavy atom. The van der Waals surface area contributed by atoms with Gasteiger partial charge in [0.25, 0.3) is 0 Å². The second-order valence-electron chi connectivity index (χ2n) is 5.42. The third-order valence-corrected chi connectivity index (χ3v) is 4.28. The zero-order chi connectivity index (χ0) is 18.6. The highest BCUT2D eigenvalue weighted by atomic mass is 79.9. The smallest absolute Gasteiger partial charge is 0.352 e. The summed E-state index contributed by atoms with van der Waals surface area (Å²) >= 11 is 3.42. The highest BCUT2D eigenvalue weighted by Gasteiger charge is 2.19. The van der Waals surface area contributed by atoms with Gasteiger partial charge in [0.1, 0.15) is 18.1 Å². The number of halogens is 1. The topological polar surface area (TPSA) is 94.0 Å². The molecule has 0 radical (unpaired) electrons. The van der Waals surface area contributed by atoms with Crippen LogP contribution in [0.2, 0.25) is 0 Å². The van der Waals surface area contributed by atoms with E-state index in [0.717, 1.165) is 25.6 Å². The lowest BCUT2D eigenvalue weighted by Crippen LogP contribution is -2.49. The molecular weight excluding hydrogens is 388 g/mol. The highest BCUT2D eigenvalue weighted by molar-refractivity contribution is 9.10. The van der Waals surface area contributed by atoms with Crippen LogP contribution in [0, 0.1) is 6.92 Å². The van der Waals surface area contributed by atoms with Crippen LogP contribution in [0.1, 0.15) is 11.1 Å². The van der Waals surface area contributed by atoms with E-state index in [1.54, 1.807) is 25.3 Å². The summed E-state index contributed by atoms with van der Waals surface area (Å²) in [5, 5.41) is 1.93. The average Bonchev–Trinajstić information content (AvgIpc) is 2.59. The number of methoxy groups -OCH3 is 1. The molecule has 0 atom stereocenters. The zero-order valence-corrected chi connectivity index (χ0v) is 15.9. The van der Waals surface area contributed by atoms with Crippen molar-refractivity contribution in [2.45, 2.75) is 13.5 Å². The Morgan fingerprint density at radius 3 is 2.56 bits per heavy atom. The normalized spacial score (nSPS) is 10.3. The number of hydrogen-bond donors (Lipinski definition) is 2. The number of rotatable bonds is 5. The highest BCUT2D eigenvalue weighted by Crippen LogP contribution is 2.30. The molecule has 0 spiro atoms. The zero-order valence-electron chi connectivity index (χ0n) is 14.3. The number of hydrogen-bond acceptors (Lipinski definition) is 5. The molecule has 0 aliphatic heterocycles. The number of carbonyl (C=O) groups is 1. The first-order valence-electron chi connectivity index (χ1n) is 7.47. The van der Waals surface area contributed by atoms with Crippen LogP contribution in [-0.4, -0.2) is 25.2 Å². The van der Waals surface area contributed by atoms with Gasteiger partial charge in [-0.25, -0.2) is 21.5 Å². The van der Waals surface area contributed by atoms with Gasteiger partial charge >= 0.3 is 6.03 Å². The molecule has 0 aliphatic carbocycles. The summed E-state index contributed by atoms with van der Waals surface area (Å²) in [5.41, 5.74) is 2.29. The van der Waals surface area contributed by atoms with Crippen LogP contribution < -0.4 is 26.2 Å². The van der Waals surface area contributed by atoms with Gasteiger partial charge in [-0.05, 0) is 52.7 Å². The number of nitrogens with two attached hydrogens (primary N) is 2. The first kappa shape index (κ1) is 19.0. The van der Waals surface area contributed by atoms with E-state index in [0.29, 0.717) is 17.2 Å². The molecule has 7 nitrogen and oxygen atoms in total. The van der Waals surface area contributed by atoms with Crippen molar-refractivity contribution in [1.82, 2.24) is 5.01 Å². The van der Waals surface area contributed by atoms with Crippen molar-refractivity contribution in [3.63, 3.8) is 0 Å². The molecule has 2 amide bonds. The molecule has 0 saturated carbocycles. The largest absolute Gasteiger partial charge is 0.496 e. The second-order valence-corrected chi connectivity index (χ2v) is 6.28. The molecule has 0 aromatic heterocycles. The Bertz CT molecular complexity index is 768. The van der Waals surface area contributed by atoms with Gasteiger partial charge in [0.2, 0.25) is 0 Å². The fourth-order valence-electron chi connectivity index (χ4n) is 2.27. The van der Waals surface area contributed by atoms with Crippen LogP contribution in [0.25, 0.3) is 0 Å². The fourth-order valence-corrected chi connectivity index (χ4v) is 2.79. The fraction of sp³-hybridized carbons (Fsp3) is 0.235. The van der Waals surface area contributed by atoms with E-state index < -0.39 is 6.03 Å². The van der Waals surface area contributed by atoms with Crippen LogP contribution in [0.4, 0.5) is 10.5 Å². The number of carbonyl (C=O) groups excluding carboxylic acids is 1. The average molecular weight is 409 g/mol. The minimum Gasteiger partial charge on any atom is -0.496 e. The molecule has 134 valence electrons. The number of nitrogens with zero attached hydrogens (tertiary/aromatic N) is 2. The molecular formula is C17H21BrN4O3. The number of hydrazine groups is 2. The van der Waals surface area contributed by atoms with Crippen molar-refractivity contribution in [2.24, 2.45) is 11.7 Å². The van der Waals surface area contributed by atoms with Crippen LogP contribution in [0.15, 0.2) is 40.9 Å². The summed E-state index contributed by atoms with van der Waals surface area (Å²) in [4.78, 5) is 12.0. The maximum absolute atomic E-state index is 12.0. The SMILES string of the molecule is COc1ccc(OCc2c(C)cccc2N(N)C(=O)N(C)N)cc1Br. The monoisotopic (exact) mass is 408 g/mol. The predicted molar refractivity (Wildman–Crippen MR) is 100 cm³/mol. The lowest BCUT2D eigenvalue weighted by molar-refractivity contribution is 0.216. The molecule has 0 unspecified atom stereocenters. The van der Waals surface area contributed by atoms with E-state index >= 15 is 0 Å². The maximum atomic E-state index is 12.0. The van der Waals surface area contributed by atoms with Crippen LogP contribution in [0.5, 0.6) is 11.5 Å². The number of amides is 2. The van der Waals surface area contributed by atoms with E-state index in [4.69, 9.17) is 21.2 Å². The number of benzene rings is 2. The number of anilines is 1. The Balaban J connectivity index is 2.24. The van der Waals surface area contributed by atoms with Crippen molar-refractivity contribution in [3.8, 4) is 11.5 Å². The first-order valence-corrected chi connectivity index (χ1v) is 8.26. The summed E-state index contributed by atoms with van der Waals surface area (Å²) in [7, 11) is 3.03. The molecule has 25 heavy (non-hydrogen) atoms. The summed E-state index contributed by atoms with van der Waals surface area (Å²) in [5.74, 6) is 12.8. The Morgan fingerprint density at radius 2 is 1.96 bits per heavy atom. The number of ether oxygens (including phenoxy) is 2. The van der Waals surface area contributed by atoms with Crippen molar-refractivity contribution in [2.75, 3.05) is 19.2 Å². The molecule has 4 N–H and O–H groups in total. The van der Waals surface area contributed by atoms with Crippen molar-refractivity contribution >= 4 is 27.6 Å². The number of urea groups is 1. The van der Waals surface area contributed by atoms with Gasteiger partial charge in [-0.1, -0.05) is 12.1 Å². The molecule has 0 fully saturated rings. The van der Waals surface area contributed by atoms with Gasteiger partial charge in [-0.3, -0.25) is 5.01 Å². The van der Waals surface area contributed by atoms with E-state index in [1.807, 2.05) is 25.1 Å². The minimum absolute atomic E-state index is 0.246. The number of aryl methyl sites for hydroxylation is 1. The minimum atomic E-state index is -0.529. The lowest BCUT2D eigenvalue weighted by atomic mass is 10.1. The maximum Gasteiger partial charge on any atom is 0.352 e. The van der Waals surface area contributed by atoms with Gasteiger partial charge in [-0.2, -0.15) is 0 Å². The summed E-state index contributed by atoms with van der Waals surface area (Å²) in [6.07, 6.45) is 0. The van der Waals surface area contributed by atoms with E-state index in [9.17, 15) is 4.79 Å². The van der Waals surface area contributed by atoms with E-state index in [-0.39, 0.29) is 6.61 Å². The molecule has 2 aromatic rings. The lowest BCUT2D eigenvalue weighted by Gasteiger charge is -2.24. The quantitative estimate of drug-likeness (QED) is 0.450. The molecule has 0 bridgehead atoms. The van der Waals surface area contributed by atoms with Gasteiger partial charge in [0.15, 0.2) is 0 Å². The summed E-state index contributed by atoms with van der Waals surface area (Å²) in [6, 6.07) is 10.4. The van der Waals surface area contributed by atoms with Crippen molar-refractivity contribution < 1.29 is 14.3 Å². The van der Waals surface area contributed by atoms with Crippen molar-refractivity contribution in [3.05, 3.63) is 52.0 Å². The van der Waals surface area contributed by atoms with Crippen LogP contribution >= 0.6 is 15.9 Å². The standard InChI is InChI=1S/C17H21BrN4O3/c1-11-5-4-6-15(22(20)17(23)21(2)19)13(11)10-25-12-7-8-16(24-3)14(18)9-12/h4-9H,10,19-20H2,1-3H3. The molecule has 2 rings (SSSR count). The second kappa shape index (κ2) is 8.19. The molecule has 0 heterocycles. The predicted octanol–water partition coefficient (Wildman–Crippen LogP) is 2.95. The third kappa shape index (κ3) is 4.41. The van der Waals surface area contributed by atoms with Crippen molar-refractivity contribution in [1.29, 1.82) is 0 Å². The molecule has 2 aromatic carbocycles. The summed E-state index contributed by atoms with van der Waals surface area (Å²) < 4.78 is 11.9. The van der Waals surface area contributed by atoms with Gasteiger partial charge in [0, 0.05) is 12.6 Å². The van der Waals surface area contributed by atoms with Crippen LogP contribution in [-0.2, 0) is 6.61 Å². The third-order valence-electron chi connectivity index (χ3n) is 3.66. The molecule has 0 saturated heterocycles.